The van der Waals surface area contributed by atoms with Crippen LogP contribution in [0.3, 0.4) is 0 Å². The molecule has 1 N–H and O–H groups in total. The third kappa shape index (κ3) is 2.43. The smallest absolute Gasteiger partial charge is 0.282 e. The second-order valence-electron chi connectivity index (χ2n) is 4.22. The Bertz CT molecular complexity index is 432. The van der Waals surface area contributed by atoms with Gasteiger partial charge in [0, 0.05) is 0 Å². The molecule has 14 heavy (non-hydrogen) atoms. The summed E-state index contributed by atoms with van der Waals surface area (Å²) in [6.07, 6.45) is 0. The maximum absolute atomic E-state index is 11.1. The molecule has 0 aliphatic carbocycles. The molecule has 1 rings (SSSR count). The summed E-state index contributed by atoms with van der Waals surface area (Å²) in [4.78, 5) is 0.0548. The molecule has 0 heterocycles. The molecule has 0 aliphatic rings. The van der Waals surface area contributed by atoms with Crippen molar-refractivity contribution in [2.24, 2.45) is 0 Å². The van der Waals surface area contributed by atoms with Crippen LogP contribution in [-0.4, -0.2) is 21.0 Å². The van der Waals surface area contributed by atoms with E-state index in [4.69, 9.17) is 4.55 Å². The van der Waals surface area contributed by atoms with Crippen LogP contribution in [0.25, 0.3) is 0 Å². The second-order valence-corrected chi connectivity index (χ2v) is 10.6. The zero-order chi connectivity index (χ0) is 11.0. The standard InChI is InChI=1S/C9H14O3SSi/c1-14(2,3)9-7-5-4-6-8(9)13(10,11)12/h4-7H,1-3H3,(H,10,11,12). The summed E-state index contributed by atoms with van der Waals surface area (Å²) in [5, 5.41) is 0.766. The Morgan fingerprint density at radius 2 is 1.64 bits per heavy atom. The number of hydrogen-bond donors (Lipinski definition) is 1. The molecule has 0 aromatic heterocycles. The van der Waals surface area contributed by atoms with Crippen LogP contribution in [0.15, 0.2) is 29.2 Å². The van der Waals surface area contributed by atoms with Crippen LogP contribution in [0.5, 0.6) is 0 Å². The first-order valence-corrected chi connectivity index (χ1v) is 9.24. The fourth-order valence-electron chi connectivity index (χ4n) is 1.31. The normalized spacial score (nSPS) is 12.9. The van der Waals surface area contributed by atoms with E-state index in [0.29, 0.717) is 0 Å². The summed E-state index contributed by atoms with van der Waals surface area (Å²) in [5.41, 5.74) is 0. The molecule has 1 aromatic carbocycles. The van der Waals surface area contributed by atoms with Crippen LogP contribution in [0.2, 0.25) is 19.6 Å². The lowest BCUT2D eigenvalue weighted by molar-refractivity contribution is 0.484. The van der Waals surface area contributed by atoms with Gasteiger partial charge in [0.05, 0.1) is 13.0 Å². The van der Waals surface area contributed by atoms with Gasteiger partial charge in [-0.2, -0.15) is 8.42 Å². The summed E-state index contributed by atoms with van der Waals surface area (Å²) >= 11 is 0. The predicted molar refractivity (Wildman–Crippen MR) is 59.2 cm³/mol. The second kappa shape index (κ2) is 3.49. The lowest BCUT2D eigenvalue weighted by Crippen LogP contribution is -2.40. The van der Waals surface area contributed by atoms with Crippen LogP contribution in [0.1, 0.15) is 0 Å². The molecule has 0 aliphatic heterocycles. The summed E-state index contributed by atoms with van der Waals surface area (Å²) < 4.78 is 31.2. The molecule has 5 heteroatoms. The highest BCUT2D eigenvalue weighted by atomic mass is 32.2. The van der Waals surface area contributed by atoms with Crippen LogP contribution in [0.4, 0.5) is 0 Å². The summed E-state index contributed by atoms with van der Waals surface area (Å²) in [7, 11) is -5.81. The molecule has 78 valence electrons. The minimum absolute atomic E-state index is 0.0548. The Kier molecular flexibility index (Phi) is 2.85. The van der Waals surface area contributed by atoms with Gasteiger partial charge in [-0.3, -0.25) is 4.55 Å². The summed E-state index contributed by atoms with van der Waals surface area (Å²) in [5.74, 6) is 0. The molecule has 0 saturated heterocycles. The summed E-state index contributed by atoms with van der Waals surface area (Å²) in [6, 6.07) is 6.63. The molecule has 0 spiro atoms. The number of hydrogen-bond acceptors (Lipinski definition) is 2. The van der Waals surface area contributed by atoms with Crippen molar-refractivity contribution >= 4 is 23.4 Å². The van der Waals surface area contributed by atoms with Gasteiger partial charge in [0.1, 0.15) is 0 Å². The molecule has 0 saturated carbocycles. The molecular weight excluding hydrogens is 216 g/mol. The van der Waals surface area contributed by atoms with Gasteiger partial charge in [-0.25, -0.2) is 0 Å². The highest BCUT2D eigenvalue weighted by molar-refractivity contribution is 7.86. The van der Waals surface area contributed by atoms with Crippen molar-refractivity contribution in [1.82, 2.24) is 0 Å². The lowest BCUT2D eigenvalue weighted by atomic mass is 10.4. The van der Waals surface area contributed by atoms with Crippen molar-refractivity contribution in [3.63, 3.8) is 0 Å². The van der Waals surface area contributed by atoms with E-state index in [1.165, 1.54) is 6.07 Å². The van der Waals surface area contributed by atoms with E-state index in [-0.39, 0.29) is 4.90 Å². The Morgan fingerprint density at radius 3 is 2.00 bits per heavy atom. The third-order valence-corrected chi connectivity index (χ3v) is 5.12. The molecule has 0 unspecified atom stereocenters. The van der Waals surface area contributed by atoms with Gasteiger partial charge in [-0.05, 0) is 11.3 Å². The van der Waals surface area contributed by atoms with Crippen molar-refractivity contribution in [3.8, 4) is 0 Å². The first-order chi connectivity index (χ1) is 6.23. The third-order valence-electron chi connectivity index (χ3n) is 1.97. The van der Waals surface area contributed by atoms with Crippen LogP contribution < -0.4 is 5.19 Å². The molecule has 0 fully saturated rings. The Morgan fingerprint density at radius 1 is 1.14 bits per heavy atom. The van der Waals surface area contributed by atoms with E-state index < -0.39 is 18.2 Å². The van der Waals surface area contributed by atoms with E-state index in [1.54, 1.807) is 18.2 Å². The summed E-state index contributed by atoms with van der Waals surface area (Å²) in [6.45, 7) is 6.12. The maximum atomic E-state index is 11.1. The van der Waals surface area contributed by atoms with E-state index >= 15 is 0 Å². The van der Waals surface area contributed by atoms with Crippen LogP contribution in [0, 0.1) is 0 Å². The SMILES string of the molecule is C[Si](C)(C)c1ccccc1S(=O)(=O)O. The topological polar surface area (TPSA) is 54.4 Å². The highest BCUT2D eigenvalue weighted by Crippen LogP contribution is 2.11. The molecule has 1 aromatic rings. The lowest BCUT2D eigenvalue weighted by Gasteiger charge is -2.19. The van der Waals surface area contributed by atoms with E-state index in [9.17, 15) is 8.42 Å². The van der Waals surface area contributed by atoms with Gasteiger partial charge >= 0.3 is 0 Å². The number of rotatable bonds is 2. The monoisotopic (exact) mass is 230 g/mol. The molecule has 0 atom stereocenters. The quantitative estimate of drug-likeness (QED) is 0.618. The van der Waals surface area contributed by atoms with Gasteiger partial charge in [0.2, 0.25) is 0 Å². The predicted octanol–water partition coefficient (Wildman–Crippen LogP) is 1.48. The molecule has 0 bridgehead atoms. The fraction of sp³-hybridized carbons (Fsp3) is 0.333. The minimum atomic E-state index is -4.08. The molecule has 0 amide bonds. The highest BCUT2D eigenvalue weighted by Gasteiger charge is 2.24. The Labute approximate surface area is 85.5 Å². The van der Waals surface area contributed by atoms with Crippen LogP contribution in [-0.2, 0) is 10.1 Å². The molecule has 3 nitrogen and oxygen atoms in total. The Hall–Kier alpha value is -0.653. The molecule has 0 radical (unpaired) electrons. The number of benzene rings is 1. The van der Waals surface area contributed by atoms with E-state index in [0.717, 1.165) is 5.19 Å². The zero-order valence-electron chi connectivity index (χ0n) is 8.48. The van der Waals surface area contributed by atoms with Gasteiger partial charge in [0.15, 0.2) is 0 Å². The minimum Gasteiger partial charge on any atom is -0.282 e. The van der Waals surface area contributed by atoms with Gasteiger partial charge in [-0.15, -0.1) is 0 Å². The average molecular weight is 230 g/mol. The van der Waals surface area contributed by atoms with E-state index in [1.807, 2.05) is 19.6 Å². The Balaban J connectivity index is 3.47. The molecular formula is C9H14O3SSi. The maximum Gasteiger partial charge on any atom is 0.294 e. The van der Waals surface area contributed by atoms with Gasteiger partial charge in [0.25, 0.3) is 10.1 Å². The zero-order valence-corrected chi connectivity index (χ0v) is 10.3. The van der Waals surface area contributed by atoms with E-state index in [2.05, 4.69) is 0 Å². The fourth-order valence-corrected chi connectivity index (χ4v) is 4.63. The van der Waals surface area contributed by atoms with Crippen molar-refractivity contribution in [2.75, 3.05) is 0 Å². The first kappa shape index (κ1) is 11.4. The van der Waals surface area contributed by atoms with Crippen molar-refractivity contribution < 1.29 is 13.0 Å². The van der Waals surface area contributed by atoms with Gasteiger partial charge < -0.3 is 0 Å². The van der Waals surface area contributed by atoms with Crippen molar-refractivity contribution in [2.45, 2.75) is 24.5 Å². The van der Waals surface area contributed by atoms with Crippen molar-refractivity contribution in [1.29, 1.82) is 0 Å². The first-order valence-electron chi connectivity index (χ1n) is 4.30. The average Bonchev–Trinajstić information content (AvgIpc) is 2.01. The van der Waals surface area contributed by atoms with Crippen molar-refractivity contribution in [3.05, 3.63) is 24.3 Å². The van der Waals surface area contributed by atoms with Crippen LogP contribution >= 0.6 is 0 Å². The largest absolute Gasteiger partial charge is 0.294 e. The van der Waals surface area contributed by atoms with Gasteiger partial charge in [-0.1, -0.05) is 37.8 Å².